The van der Waals surface area contributed by atoms with Crippen molar-refractivity contribution < 1.29 is 14.3 Å². The molecule has 1 amide bonds. The van der Waals surface area contributed by atoms with E-state index < -0.39 is 0 Å². The number of nitrogens with one attached hydrogen (secondary N) is 1. The third kappa shape index (κ3) is 3.32. The Balaban J connectivity index is 1.42. The molecular formula is C24H18N6O4. The first-order valence-electron chi connectivity index (χ1n) is 10.6. The van der Waals surface area contributed by atoms with E-state index in [2.05, 4.69) is 20.4 Å². The smallest absolute Gasteiger partial charge is 0.266 e. The monoisotopic (exact) mass is 454 g/mol. The first-order chi connectivity index (χ1) is 16.6. The van der Waals surface area contributed by atoms with Crippen molar-refractivity contribution in [2.75, 3.05) is 18.5 Å². The van der Waals surface area contributed by atoms with Crippen LogP contribution < -0.4 is 20.3 Å². The van der Waals surface area contributed by atoms with Crippen molar-refractivity contribution in [1.29, 1.82) is 0 Å². The molecule has 0 radical (unpaired) electrons. The van der Waals surface area contributed by atoms with Crippen molar-refractivity contribution in [3.8, 4) is 28.6 Å². The lowest BCUT2D eigenvalue weighted by Crippen LogP contribution is -2.19. The number of carbonyl (C=O) groups is 1. The third-order valence-electron chi connectivity index (χ3n) is 5.50. The number of carbonyl (C=O) groups excluding carboxylic acids is 1. The van der Waals surface area contributed by atoms with E-state index in [4.69, 9.17) is 9.47 Å². The van der Waals surface area contributed by atoms with Crippen molar-refractivity contribution in [3.63, 3.8) is 0 Å². The second-order valence-corrected chi connectivity index (χ2v) is 7.78. The van der Waals surface area contributed by atoms with Crippen LogP contribution in [-0.2, 0) is 4.79 Å². The zero-order valence-corrected chi connectivity index (χ0v) is 18.1. The van der Waals surface area contributed by atoms with E-state index in [1.807, 2.05) is 18.2 Å². The van der Waals surface area contributed by atoms with Gasteiger partial charge in [-0.2, -0.15) is 9.50 Å². The molecule has 6 rings (SSSR count). The van der Waals surface area contributed by atoms with Gasteiger partial charge in [0.15, 0.2) is 17.3 Å². The van der Waals surface area contributed by atoms with Gasteiger partial charge in [0.2, 0.25) is 5.91 Å². The highest BCUT2D eigenvalue weighted by atomic mass is 16.6. The van der Waals surface area contributed by atoms with E-state index >= 15 is 0 Å². The molecule has 10 nitrogen and oxygen atoms in total. The molecule has 2 aromatic carbocycles. The molecule has 168 valence electrons. The van der Waals surface area contributed by atoms with Gasteiger partial charge < -0.3 is 14.8 Å². The van der Waals surface area contributed by atoms with Crippen LogP contribution in [0.5, 0.6) is 11.5 Å². The minimum Gasteiger partial charge on any atom is -0.486 e. The lowest BCUT2D eigenvalue weighted by atomic mass is 10.2. The minimum atomic E-state index is -0.240. The molecule has 0 fully saturated rings. The number of benzene rings is 2. The largest absolute Gasteiger partial charge is 0.486 e. The molecule has 0 atom stereocenters. The van der Waals surface area contributed by atoms with Crippen LogP contribution in [0.15, 0.2) is 65.7 Å². The van der Waals surface area contributed by atoms with Gasteiger partial charge in [0.05, 0.1) is 10.9 Å². The Morgan fingerprint density at radius 2 is 1.82 bits per heavy atom. The lowest BCUT2D eigenvalue weighted by Gasteiger charge is -2.18. The van der Waals surface area contributed by atoms with Crippen LogP contribution in [0.1, 0.15) is 6.92 Å². The molecule has 10 heteroatoms. The van der Waals surface area contributed by atoms with Crippen molar-refractivity contribution >= 4 is 28.3 Å². The fraction of sp³-hybridized carbons (Fsp3) is 0.125. The molecule has 34 heavy (non-hydrogen) atoms. The molecule has 0 spiro atoms. The summed E-state index contributed by atoms with van der Waals surface area (Å²) in [6.07, 6.45) is 3.19. The summed E-state index contributed by atoms with van der Waals surface area (Å²) in [5, 5.41) is 7.71. The van der Waals surface area contributed by atoms with E-state index in [-0.39, 0.29) is 11.5 Å². The Hall–Kier alpha value is -4.73. The Morgan fingerprint density at radius 1 is 1.03 bits per heavy atom. The molecular weight excluding hydrogens is 436 g/mol. The van der Waals surface area contributed by atoms with E-state index in [1.54, 1.807) is 41.0 Å². The van der Waals surface area contributed by atoms with Crippen LogP contribution in [0.4, 0.5) is 5.69 Å². The van der Waals surface area contributed by atoms with Gasteiger partial charge in [0.1, 0.15) is 13.2 Å². The molecule has 1 aliphatic heterocycles. The Morgan fingerprint density at radius 3 is 2.62 bits per heavy atom. The number of hydrogen-bond acceptors (Lipinski definition) is 7. The number of hydrogen-bond donors (Lipinski definition) is 1. The Bertz CT molecular complexity index is 1640. The summed E-state index contributed by atoms with van der Waals surface area (Å²) >= 11 is 0. The first kappa shape index (κ1) is 19.9. The van der Waals surface area contributed by atoms with Crippen molar-refractivity contribution in [2.24, 2.45) is 0 Å². The Kier molecular flexibility index (Phi) is 4.51. The zero-order valence-electron chi connectivity index (χ0n) is 18.1. The summed E-state index contributed by atoms with van der Waals surface area (Å²) in [7, 11) is 0. The van der Waals surface area contributed by atoms with Crippen LogP contribution >= 0.6 is 0 Å². The van der Waals surface area contributed by atoms with Crippen molar-refractivity contribution in [2.45, 2.75) is 6.92 Å². The molecule has 4 heterocycles. The van der Waals surface area contributed by atoms with Crippen LogP contribution in [0, 0.1) is 0 Å². The van der Waals surface area contributed by atoms with Crippen molar-refractivity contribution in [3.05, 3.63) is 71.3 Å². The predicted molar refractivity (Wildman–Crippen MR) is 125 cm³/mol. The molecule has 1 N–H and O–H groups in total. The zero-order chi connectivity index (χ0) is 23.2. The molecule has 1 aliphatic rings. The van der Waals surface area contributed by atoms with Gasteiger partial charge in [0.25, 0.3) is 11.3 Å². The van der Waals surface area contributed by atoms with E-state index in [0.717, 1.165) is 5.56 Å². The summed E-state index contributed by atoms with van der Waals surface area (Å²) in [5.74, 6) is 2.03. The summed E-state index contributed by atoms with van der Waals surface area (Å²) in [5.41, 5.74) is 2.43. The van der Waals surface area contributed by atoms with E-state index in [0.29, 0.717) is 58.6 Å². The van der Waals surface area contributed by atoms with Crippen molar-refractivity contribution in [1.82, 2.24) is 24.1 Å². The fourth-order valence-electron chi connectivity index (χ4n) is 3.94. The highest BCUT2D eigenvalue weighted by molar-refractivity contribution is 5.88. The average molecular weight is 454 g/mol. The van der Waals surface area contributed by atoms with Crippen LogP contribution in [-0.4, -0.2) is 43.3 Å². The SMILES string of the molecule is CC(=O)Nc1ccc(-n2ccc3c(cnc4nc(-c5ccc6c(c5)OCCO6)nn43)c2=O)cc1. The van der Waals surface area contributed by atoms with Crippen LogP contribution in [0.25, 0.3) is 33.8 Å². The Labute approximate surface area is 192 Å². The summed E-state index contributed by atoms with van der Waals surface area (Å²) < 4.78 is 14.3. The minimum absolute atomic E-state index is 0.158. The number of nitrogens with zero attached hydrogens (tertiary/aromatic N) is 5. The molecule has 0 bridgehead atoms. The molecule has 0 aliphatic carbocycles. The second kappa shape index (κ2) is 7.69. The van der Waals surface area contributed by atoms with Gasteiger partial charge in [-0.1, -0.05) is 0 Å². The van der Waals surface area contributed by atoms with Crippen LogP contribution in [0.3, 0.4) is 0 Å². The summed E-state index contributed by atoms with van der Waals surface area (Å²) in [6.45, 7) is 2.45. The summed E-state index contributed by atoms with van der Waals surface area (Å²) in [4.78, 5) is 33.4. The third-order valence-corrected chi connectivity index (χ3v) is 5.50. The maximum atomic E-state index is 13.2. The van der Waals surface area contributed by atoms with Gasteiger partial charge in [-0.25, -0.2) is 4.98 Å². The van der Waals surface area contributed by atoms with Gasteiger partial charge in [-0.3, -0.25) is 14.2 Å². The number of fused-ring (bicyclic) bond motifs is 4. The fourth-order valence-corrected chi connectivity index (χ4v) is 3.94. The number of anilines is 1. The molecule has 0 unspecified atom stereocenters. The van der Waals surface area contributed by atoms with E-state index in [1.165, 1.54) is 17.7 Å². The van der Waals surface area contributed by atoms with Gasteiger partial charge in [0, 0.05) is 36.3 Å². The number of rotatable bonds is 3. The molecule has 0 saturated heterocycles. The lowest BCUT2D eigenvalue weighted by molar-refractivity contribution is -0.114. The predicted octanol–water partition coefficient (Wildman–Crippen LogP) is 2.83. The highest BCUT2D eigenvalue weighted by Crippen LogP contribution is 2.33. The number of ether oxygens (including phenoxy) is 2. The van der Waals surface area contributed by atoms with E-state index in [9.17, 15) is 9.59 Å². The highest BCUT2D eigenvalue weighted by Gasteiger charge is 2.17. The molecule has 3 aromatic heterocycles. The topological polar surface area (TPSA) is 113 Å². The maximum absolute atomic E-state index is 13.2. The summed E-state index contributed by atoms with van der Waals surface area (Å²) in [6, 6.07) is 14.3. The molecule has 0 saturated carbocycles. The van der Waals surface area contributed by atoms with Gasteiger partial charge in [-0.15, -0.1) is 5.10 Å². The quantitative estimate of drug-likeness (QED) is 0.446. The number of amides is 1. The second-order valence-electron chi connectivity index (χ2n) is 7.78. The maximum Gasteiger partial charge on any atom is 0.266 e. The normalized spacial score (nSPS) is 12.7. The van der Waals surface area contributed by atoms with Gasteiger partial charge in [-0.05, 0) is 48.5 Å². The first-order valence-corrected chi connectivity index (χ1v) is 10.6. The average Bonchev–Trinajstić information content (AvgIpc) is 3.29. The molecule has 5 aromatic rings. The standard InChI is InChI=1S/C24H18N6O4/c1-14(31)26-16-3-5-17(6-4-16)29-9-8-19-18(23(29)32)13-25-24-27-22(28-30(19)24)15-2-7-20-21(12-15)34-11-10-33-20/h2-9,12-13H,10-11H2,1H3,(H,26,31). The number of aromatic nitrogens is 5. The van der Waals surface area contributed by atoms with Crippen LogP contribution in [0.2, 0.25) is 0 Å². The number of pyridine rings is 1. The van der Waals surface area contributed by atoms with Gasteiger partial charge >= 0.3 is 0 Å².